The molecular formula is C13H17BrN2O2. The molecule has 0 fully saturated rings. The van der Waals surface area contributed by atoms with Gasteiger partial charge in [0.2, 0.25) is 5.91 Å². The predicted octanol–water partition coefficient (Wildman–Crippen LogP) is 2.14. The molecule has 98 valence electrons. The molecule has 0 atom stereocenters. The molecule has 1 aromatic rings. The molecule has 1 rings (SSSR count). The molecule has 0 unspecified atom stereocenters. The fraction of sp³-hybridized carbons (Fsp3) is 0.385. The fourth-order valence-electron chi connectivity index (χ4n) is 1.69. The van der Waals surface area contributed by atoms with Gasteiger partial charge in [-0.1, -0.05) is 22.0 Å². The number of primary amides is 1. The molecule has 0 saturated carbocycles. The molecule has 0 spiro atoms. The highest BCUT2D eigenvalue weighted by atomic mass is 79.9. The summed E-state index contributed by atoms with van der Waals surface area (Å²) >= 11 is 3.33. The van der Waals surface area contributed by atoms with Crippen molar-refractivity contribution in [2.75, 3.05) is 0 Å². The van der Waals surface area contributed by atoms with Gasteiger partial charge in [-0.25, -0.2) is 0 Å². The summed E-state index contributed by atoms with van der Waals surface area (Å²) in [5, 5.41) is 2.81. The van der Waals surface area contributed by atoms with E-state index in [0.29, 0.717) is 5.56 Å². The van der Waals surface area contributed by atoms with Gasteiger partial charge in [-0.3, -0.25) is 9.59 Å². The van der Waals surface area contributed by atoms with Crippen molar-refractivity contribution in [3.05, 3.63) is 33.8 Å². The van der Waals surface area contributed by atoms with Crippen molar-refractivity contribution >= 4 is 27.7 Å². The number of aryl methyl sites for hydroxylation is 1. The molecule has 0 bridgehead atoms. The van der Waals surface area contributed by atoms with E-state index in [1.807, 2.05) is 19.1 Å². The van der Waals surface area contributed by atoms with Gasteiger partial charge >= 0.3 is 0 Å². The second-order valence-corrected chi connectivity index (χ2v) is 5.86. The number of hydrogen-bond acceptors (Lipinski definition) is 2. The first kappa shape index (κ1) is 14.7. The Morgan fingerprint density at radius 1 is 1.39 bits per heavy atom. The maximum atomic E-state index is 12.1. The van der Waals surface area contributed by atoms with Crippen molar-refractivity contribution in [3.63, 3.8) is 0 Å². The number of halogens is 1. The second kappa shape index (κ2) is 5.52. The zero-order valence-corrected chi connectivity index (χ0v) is 12.3. The lowest BCUT2D eigenvalue weighted by Crippen LogP contribution is -2.46. The van der Waals surface area contributed by atoms with Crippen molar-refractivity contribution < 1.29 is 9.59 Å². The standard InChI is InChI=1S/C13H17BrN2O2/c1-8-4-5-9(14)6-10(8)12(18)16-13(2,3)7-11(15)17/h4-6H,7H2,1-3H3,(H2,15,17)(H,16,18). The van der Waals surface area contributed by atoms with E-state index in [2.05, 4.69) is 21.2 Å². The van der Waals surface area contributed by atoms with E-state index in [9.17, 15) is 9.59 Å². The summed E-state index contributed by atoms with van der Waals surface area (Å²) < 4.78 is 0.839. The molecule has 2 amide bonds. The van der Waals surface area contributed by atoms with Gasteiger partial charge in [0.05, 0.1) is 0 Å². The largest absolute Gasteiger partial charge is 0.370 e. The van der Waals surface area contributed by atoms with Crippen LogP contribution in [0.3, 0.4) is 0 Å². The van der Waals surface area contributed by atoms with E-state index in [1.165, 1.54) is 0 Å². The first-order valence-electron chi connectivity index (χ1n) is 5.58. The van der Waals surface area contributed by atoms with Crippen LogP contribution in [0, 0.1) is 6.92 Å². The second-order valence-electron chi connectivity index (χ2n) is 4.94. The van der Waals surface area contributed by atoms with E-state index in [-0.39, 0.29) is 12.3 Å². The molecule has 0 saturated heterocycles. The Kier molecular flexibility index (Phi) is 4.51. The van der Waals surface area contributed by atoms with Crippen molar-refractivity contribution in [1.29, 1.82) is 0 Å². The molecular weight excluding hydrogens is 296 g/mol. The van der Waals surface area contributed by atoms with E-state index in [1.54, 1.807) is 19.9 Å². The lowest BCUT2D eigenvalue weighted by atomic mass is 9.99. The van der Waals surface area contributed by atoms with Crippen molar-refractivity contribution in [2.45, 2.75) is 32.7 Å². The summed E-state index contributed by atoms with van der Waals surface area (Å²) in [5.74, 6) is -0.647. The smallest absolute Gasteiger partial charge is 0.252 e. The number of nitrogens with one attached hydrogen (secondary N) is 1. The van der Waals surface area contributed by atoms with Crippen molar-refractivity contribution in [1.82, 2.24) is 5.32 Å². The van der Waals surface area contributed by atoms with Gasteiger partial charge < -0.3 is 11.1 Å². The lowest BCUT2D eigenvalue weighted by Gasteiger charge is -2.25. The molecule has 3 N–H and O–H groups in total. The number of nitrogens with two attached hydrogens (primary N) is 1. The average molecular weight is 313 g/mol. The normalized spacial score (nSPS) is 11.1. The zero-order valence-electron chi connectivity index (χ0n) is 10.7. The topological polar surface area (TPSA) is 72.2 Å². The fourth-order valence-corrected chi connectivity index (χ4v) is 2.05. The van der Waals surface area contributed by atoms with Gasteiger partial charge in [0.15, 0.2) is 0 Å². The Bertz CT molecular complexity index is 484. The van der Waals surface area contributed by atoms with E-state index in [4.69, 9.17) is 5.73 Å². The number of carbonyl (C=O) groups is 2. The Labute approximate surface area is 115 Å². The van der Waals surface area contributed by atoms with Crippen LogP contribution in [0.25, 0.3) is 0 Å². The van der Waals surface area contributed by atoms with Crippen LogP contribution in [0.5, 0.6) is 0 Å². The maximum absolute atomic E-state index is 12.1. The number of benzene rings is 1. The van der Waals surface area contributed by atoms with E-state index >= 15 is 0 Å². The monoisotopic (exact) mass is 312 g/mol. The minimum atomic E-state index is -0.655. The average Bonchev–Trinajstić information content (AvgIpc) is 2.18. The first-order chi connectivity index (χ1) is 8.21. The molecule has 0 heterocycles. The molecule has 0 aliphatic heterocycles. The number of rotatable bonds is 4. The third-order valence-corrected chi connectivity index (χ3v) is 3.01. The van der Waals surface area contributed by atoms with Gasteiger partial charge in [-0.15, -0.1) is 0 Å². The van der Waals surface area contributed by atoms with Gasteiger partial charge in [-0.2, -0.15) is 0 Å². The molecule has 0 aliphatic rings. The Balaban J connectivity index is 2.88. The summed E-state index contributed by atoms with van der Waals surface area (Å²) in [7, 11) is 0. The summed E-state index contributed by atoms with van der Waals surface area (Å²) in [6.07, 6.45) is 0.103. The third kappa shape index (κ3) is 4.14. The minimum absolute atomic E-state index is 0.103. The van der Waals surface area contributed by atoms with Crippen LogP contribution in [0.1, 0.15) is 36.2 Å². The molecule has 0 radical (unpaired) electrons. The molecule has 4 nitrogen and oxygen atoms in total. The SMILES string of the molecule is Cc1ccc(Br)cc1C(=O)NC(C)(C)CC(N)=O. The van der Waals surface area contributed by atoms with Crippen LogP contribution < -0.4 is 11.1 Å². The predicted molar refractivity (Wildman–Crippen MR) is 74.2 cm³/mol. The Hall–Kier alpha value is -1.36. The molecule has 5 heteroatoms. The summed E-state index contributed by atoms with van der Waals surface area (Å²) in [6, 6.07) is 5.49. The van der Waals surface area contributed by atoms with Crippen LogP contribution in [-0.4, -0.2) is 17.4 Å². The highest BCUT2D eigenvalue weighted by Gasteiger charge is 2.24. The van der Waals surface area contributed by atoms with Crippen LogP contribution in [-0.2, 0) is 4.79 Å². The van der Waals surface area contributed by atoms with Crippen LogP contribution in [0.4, 0.5) is 0 Å². The first-order valence-corrected chi connectivity index (χ1v) is 6.37. The van der Waals surface area contributed by atoms with E-state index in [0.717, 1.165) is 10.0 Å². The summed E-state index contributed by atoms with van der Waals surface area (Å²) in [6.45, 7) is 5.40. The highest BCUT2D eigenvalue weighted by molar-refractivity contribution is 9.10. The van der Waals surface area contributed by atoms with Gasteiger partial charge in [-0.05, 0) is 38.5 Å². The quantitative estimate of drug-likeness (QED) is 0.894. The van der Waals surface area contributed by atoms with Crippen LogP contribution >= 0.6 is 15.9 Å². The summed E-state index contributed by atoms with van der Waals surface area (Å²) in [5.41, 5.74) is 5.96. The highest BCUT2D eigenvalue weighted by Crippen LogP contribution is 2.17. The zero-order chi connectivity index (χ0) is 13.9. The minimum Gasteiger partial charge on any atom is -0.370 e. The number of amides is 2. The lowest BCUT2D eigenvalue weighted by molar-refractivity contribution is -0.119. The Morgan fingerprint density at radius 3 is 2.56 bits per heavy atom. The van der Waals surface area contributed by atoms with E-state index < -0.39 is 11.4 Å². The van der Waals surface area contributed by atoms with Gasteiger partial charge in [0, 0.05) is 22.0 Å². The Morgan fingerprint density at radius 2 is 2.00 bits per heavy atom. The molecule has 0 aromatic heterocycles. The number of hydrogen-bond donors (Lipinski definition) is 2. The van der Waals surface area contributed by atoms with Gasteiger partial charge in [0.1, 0.15) is 0 Å². The summed E-state index contributed by atoms with van der Waals surface area (Å²) in [4.78, 5) is 23.0. The van der Waals surface area contributed by atoms with Gasteiger partial charge in [0.25, 0.3) is 5.91 Å². The molecule has 0 aliphatic carbocycles. The van der Waals surface area contributed by atoms with Crippen LogP contribution in [0.2, 0.25) is 0 Å². The van der Waals surface area contributed by atoms with Crippen molar-refractivity contribution in [2.24, 2.45) is 5.73 Å². The molecule has 1 aromatic carbocycles. The number of carbonyl (C=O) groups excluding carboxylic acids is 2. The molecule has 18 heavy (non-hydrogen) atoms. The third-order valence-electron chi connectivity index (χ3n) is 2.51. The maximum Gasteiger partial charge on any atom is 0.252 e. The van der Waals surface area contributed by atoms with Crippen molar-refractivity contribution in [3.8, 4) is 0 Å². The van der Waals surface area contributed by atoms with Crippen LogP contribution in [0.15, 0.2) is 22.7 Å².